The summed E-state index contributed by atoms with van der Waals surface area (Å²) in [5.41, 5.74) is -0.519. The third kappa shape index (κ3) is 2.82. The second kappa shape index (κ2) is 7.34. The molecule has 0 aromatic heterocycles. The van der Waals surface area contributed by atoms with Crippen LogP contribution in [0.2, 0.25) is 10.0 Å². The van der Waals surface area contributed by atoms with Crippen molar-refractivity contribution in [1.29, 1.82) is 21.2 Å². The third-order valence-electron chi connectivity index (χ3n) is 5.78. The van der Waals surface area contributed by atoms with Gasteiger partial charge in [-0.2, -0.15) is 15.8 Å². The SMILES string of the molecule is CC[NH+]1CC=C2C(C#N)C(=N)C(C#N)(C#N)[C@H](c3cccc(Cl)c3Cl)[C@H]2C1. The first kappa shape index (κ1) is 19.4. The largest absolute Gasteiger partial charge is 0.331 e. The summed E-state index contributed by atoms with van der Waals surface area (Å²) in [5, 5.41) is 38.9. The smallest absolute Gasteiger partial charge is 0.190 e. The molecule has 5 nitrogen and oxygen atoms in total. The number of rotatable bonds is 2. The Kier molecular flexibility index (Phi) is 5.27. The average Bonchev–Trinajstić information content (AvgIpc) is 2.69. The molecule has 0 spiro atoms. The first-order chi connectivity index (χ1) is 12.9. The number of likely N-dealkylation sites (N-methyl/N-ethyl adjacent to an activating group) is 1. The van der Waals surface area contributed by atoms with Gasteiger partial charge in [-0.25, -0.2) is 0 Å². The molecule has 1 fully saturated rings. The molecule has 1 aromatic carbocycles. The van der Waals surface area contributed by atoms with Crippen LogP contribution in [0.15, 0.2) is 29.8 Å². The Balaban J connectivity index is 2.31. The minimum Gasteiger partial charge on any atom is -0.331 e. The molecule has 2 unspecified atom stereocenters. The molecular weight excluding hydrogens is 381 g/mol. The Morgan fingerprint density at radius 1 is 1.26 bits per heavy atom. The van der Waals surface area contributed by atoms with Gasteiger partial charge in [-0.1, -0.05) is 35.3 Å². The fourth-order valence-corrected chi connectivity index (χ4v) is 4.78. The lowest BCUT2D eigenvalue weighted by Crippen LogP contribution is -3.13. The van der Waals surface area contributed by atoms with Crippen molar-refractivity contribution in [1.82, 2.24) is 0 Å². The molecule has 1 aromatic rings. The molecule has 7 heteroatoms. The highest BCUT2D eigenvalue weighted by atomic mass is 35.5. The van der Waals surface area contributed by atoms with Crippen molar-refractivity contribution in [2.75, 3.05) is 19.6 Å². The number of hydrogen-bond acceptors (Lipinski definition) is 4. The van der Waals surface area contributed by atoms with Crippen LogP contribution in [0.1, 0.15) is 18.4 Å². The summed E-state index contributed by atoms with van der Waals surface area (Å²) in [4.78, 5) is 1.29. The third-order valence-corrected chi connectivity index (χ3v) is 6.61. The molecule has 136 valence electrons. The van der Waals surface area contributed by atoms with E-state index in [1.54, 1.807) is 18.2 Å². The van der Waals surface area contributed by atoms with E-state index in [0.717, 1.165) is 18.7 Å². The predicted molar refractivity (Wildman–Crippen MR) is 103 cm³/mol. The van der Waals surface area contributed by atoms with Crippen molar-refractivity contribution >= 4 is 28.9 Å². The lowest BCUT2D eigenvalue weighted by molar-refractivity contribution is -0.897. The molecule has 1 aliphatic carbocycles. The van der Waals surface area contributed by atoms with Crippen LogP contribution in [-0.2, 0) is 0 Å². The van der Waals surface area contributed by atoms with E-state index >= 15 is 0 Å². The van der Waals surface area contributed by atoms with Gasteiger partial charge >= 0.3 is 0 Å². The topological polar surface area (TPSA) is 99.7 Å². The number of fused-ring (bicyclic) bond motifs is 1. The molecule has 2 aliphatic rings. The van der Waals surface area contributed by atoms with Crippen LogP contribution < -0.4 is 4.90 Å². The van der Waals surface area contributed by atoms with Crippen LogP contribution in [-0.4, -0.2) is 25.3 Å². The molecule has 1 heterocycles. The molecular formula is C20H18Cl2N5+. The minimum atomic E-state index is -1.76. The molecule has 1 saturated carbocycles. The Labute approximate surface area is 168 Å². The highest BCUT2D eigenvalue weighted by molar-refractivity contribution is 6.42. The van der Waals surface area contributed by atoms with Crippen LogP contribution in [0.3, 0.4) is 0 Å². The van der Waals surface area contributed by atoms with Gasteiger partial charge in [0.15, 0.2) is 5.41 Å². The molecule has 27 heavy (non-hydrogen) atoms. The highest BCUT2D eigenvalue weighted by Crippen LogP contribution is 2.54. The maximum atomic E-state index is 10.0. The van der Waals surface area contributed by atoms with E-state index in [-0.39, 0.29) is 11.6 Å². The number of quaternary nitrogens is 1. The lowest BCUT2D eigenvalue weighted by atomic mass is 9.54. The van der Waals surface area contributed by atoms with Crippen molar-refractivity contribution < 1.29 is 4.90 Å². The second-order valence-electron chi connectivity index (χ2n) is 6.95. The van der Waals surface area contributed by atoms with Gasteiger partial charge in [-0.3, -0.25) is 0 Å². The quantitative estimate of drug-likeness (QED) is 0.748. The summed E-state index contributed by atoms with van der Waals surface area (Å²) < 4.78 is 0. The Hall–Kier alpha value is -2.36. The summed E-state index contributed by atoms with van der Waals surface area (Å²) in [6, 6.07) is 11.4. The van der Waals surface area contributed by atoms with Gasteiger partial charge < -0.3 is 10.3 Å². The van der Waals surface area contributed by atoms with Gasteiger partial charge in [-0.05, 0) is 30.2 Å². The maximum Gasteiger partial charge on any atom is 0.190 e. The highest BCUT2D eigenvalue weighted by Gasteiger charge is 2.59. The summed E-state index contributed by atoms with van der Waals surface area (Å²) >= 11 is 12.7. The van der Waals surface area contributed by atoms with Crippen LogP contribution in [0.4, 0.5) is 0 Å². The molecule has 0 bridgehead atoms. The fraction of sp³-hybridized carbons (Fsp3) is 0.400. The minimum absolute atomic E-state index is 0.168. The maximum absolute atomic E-state index is 10.0. The number of hydrogen-bond donors (Lipinski definition) is 2. The summed E-state index contributed by atoms with van der Waals surface area (Å²) in [6.45, 7) is 4.39. The molecule has 0 saturated heterocycles. The van der Waals surface area contributed by atoms with Gasteiger partial charge in [0.05, 0.1) is 53.6 Å². The lowest BCUT2D eigenvalue weighted by Gasteiger charge is -2.46. The number of halogens is 2. The van der Waals surface area contributed by atoms with Crippen molar-refractivity contribution in [2.45, 2.75) is 12.8 Å². The van der Waals surface area contributed by atoms with Gasteiger partial charge in [-0.15, -0.1) is 0 Å². The molecule has 2 N–H and O–H groups in total. The van der Waals surface area contributed by atoms with Gasteiger partial charge in [0.2, 0.25) is 0 Å². The number of nitrogens with one attached hydrogen (secondary N) is 2. The molecule has 3 rings (SSSR count). The number of benzene rings is 1. The zero-order valence-corrected chi connectivity index (χ0v) is 16.3. The fourth-order valence-electron chi connectivity index (χ4n) is 4.35. The predicted octanol–water partition coefficient (Wildman–Crippen LogP) is 2.74. The van der Waals surface area contributed by atoms with Crippen molar-refractivity contribution in [3.8, 4) is 18.2 Å². The van der Waals surface area contributed by atoms with Crippen molar-refractivity contribution in [2.24, 2.45) is 17.3 Å². The van der Waals surface area contributed by atoms with Gasteiger partial charge in [0, 0.05) is 11.8 Å². The van der Waals surface area contributed by atoms with Crippen molar-refractivity contribution in [3.05, 3.63) is 45.5 Å². The van der Waals surface area contributed by atoms with Crippen LogP contribution in [0.5, 0.6) is 0 Å². The van der Waals surface area contributed by atoms with E-state index in [9.17, 15) is 15.8 Å². The van der Waals surface area contributed by atoms with Crippen LogP contribution in [0.25, 0.3) is 0 Å². The zero-order chi connectivity index (χ0) is 19.8. The second-order valence-corrected chi connectivity index (χ2v) is 7.74. The van der Waals surface area contributed by atoms with E-state index in [2.05, 4.69) is 25.1 Å². The first-order valence-corrected chi connectivity index (χ1v) is 9.49. The summed E-state index contributed by atoms with van der Waals surface area (Å²) in [6.07, 6.45) is 2.00. The summed E-state index contributed by atoms with van der Waals surface area (Å²) in [7, 11) is 0. The standard InChI is InChI=1S/C20H17Cl2N5/c1-2-27-7-6-12-14(8-23)19(26)20(10-24,11-25)17(15(12)9-27)13-4-3-5-16(21)18(13)22/h3-6,14-15,17,26H,2,7,9H2,1H3/p+1/t14?,15-,17+/m0/s1. The van der Waals surface area contributed by atoms with E-state index < -0.39 is 17.3 Å². The Bertz CT molecular complexity index is 933. The normalized spacial score (nSPS) is 28.9. The molecule has 0 radical (unpaired) electrons. The first-order valence-electron chi connectivity index (χ1n) is 8.73. The van der Waals surface area contributed by atoms with Gasteiger partial charge in [0.25, 0.3) is 0 Å². The Morgan fingerprint density at radius 2 is 1.96 bits per heavy atom. The van der Waals surface area contributed by atoms with E-state index in [1.165, 1.54) is 4.90 Å². The van der Waals surface area contributed by atoms with E-state index in [1.807, 2.05) is 6.08 Å². The monoisotopic (exact) mass is 398 g/mol. The van der Waals surface area contributed by atoms with Crippen molar-refractivity contribution in [3.63, 3.8) is 0 Å². The van der Waals surface area contributed by atoms with E-state index in [4.69, 9.17) is 28.6 Å². The van der Waals surface area contributed by atoms with Crippen LogP contribution in [0, 0.1) is 56.7 Å². The van der Waals surface area contributed by atoms with Crippen LogP contribution >= 0.6 is 23.2 Å². The average molecular weight is 399 g/mol. The Morgan fingerprint density at radius 3 is 2.56 bits per heavy atom. The zero-order valence-electron chi connectivity index (χ0n) is 14.8. The molecule has 0 amide bonds. The summed E-state index contributed by atoms with van der Waals surface area (Å²) in [5.74, 6) is -1.74. The number of nitriles is 3. The molecule has 4 atom stereocenters. The number of nitrogens with zero attached hydrogens (tertiary/aromatic N) is 3. The van der Waals surface area contributed by atoms with Gasteiger partial charge in [0.1, 0.15) is 5.92 Å². The van der Waals surface area contributed by atoms with E-state index in [0.29, 0.717) is 22.2 Å². The molecule has 1 aliphatic heterocycles.